The quantitative estimate of drug-likeness (QED) is 0.754. The minimum absolute atomic E-state index is 0.117. The van der Waals surface area contributed by atoms with Gasteiger partial charge < -0.3 is 5.11 Å². The molecule has 0 spiro atoms. The van der Waals surface area contributed by atoms with Crippen LogP contribution in [0.3, 0.4) is 0 Å². The third-order valence-electron chi connectivity index (χ3n) is 2.27. The monoisotopic (exact) mass is 307 g/mol. The molecule has 2 N–H and O–H groups in total. The van der Waals surface area contributed by atoms with Crippen LogP contribution in [0.15, 0.2) is 34.1 Å². The van der Waals surface area contributed by atoms with Gasteiger partial charge in [0.1, 0.15) is 6.54 Å². The Morgan fingerprint density at radius 3 is 2.32 bits per heavy atom. The molecule has 106 valence electrons. The Labute approximate surface area is 111 Å². The Bertz CT molecular complexity index is 678. The molecule has 0 saturated heterocycles. The molecule has 0 aliphatic heterocycles. The van der Waals surface area contributed by atoms with Gasteiger partial charge in [0.05, 0.1) is 15.5 Å². The van der Waals surface area contributed by atoms with Crippen molar-refractivity contribution >= 4 is 25.8 Å². The van der Waals surface area contributed by atoms with Gasteiger partial charge in [-0.1, -0.05) is 13.0 Å². The molecule has 0 saturated carbocycles. The molecule has 0 unspecified atom stereocenters. The van der Waals surface area contributed by atoms with Gasteiger partial charge in [0.25, 0.3) is 0 Å². The zero-order chi connectivity index (χ0) is 14.7. The van der Waals surface area contributed by atoms with E-state index < -0.39 is 32.4 Å². The van der Waals surface area contributed by atoms with Crippen LogP contribution in [0.4, 0.5) is 0 Å². The van der Waals surface area contributed by atoms with Crippen molar-refractivity contribution in [2.24, 2.45) is 0 Å². The standard InChI is InChI=1S/C10H13NO6S2/c1-2-18(14,15)8-4-3-5-9(6-8)19(16,17)11-7-10(12)13/h3-6,11H,2,7H2,1H3,(H,12,13). The first-order valence-electron chi connectivity index (χ1n) is 5.23. The highest BCUT2D eigenvalue weighted by atomic mass is 32.2. The zero-order valence-electron chi connectivity index (χ0n) is 10.0. The lowest BCUT2D eigenvalue weighted by atomic mass is 10.4. The summed E-state index contributed by atoms with van der Waals surface area (Å²) in [5.41, 5.74) is 0. The molecule has 1 aromatic carbocycles. The number of nitrogens with one attached hydrogen (secondary N) is 1. The van der Waals surface area contributed by atoms with Crippen molar-refractivity contribution in [2.45, 2.75) is 16.7 Å². The topological polar surface area (TPSA) is 118 Å². The third-order valence-corrected chi connectivity index (χ3v) is 5.40. The second-order valence-electron chi connectivity index (χ2n) is 3.60. The van der Waals surface area contributed by atoms with Gasteiger partial charge in [-0.25, -0.2) is 16.8 Å². The molecule has 0 atom stereocenters. The van der Waals surface area contributed by atoms with E-state index in [1.807, 2.05) is 4.72 Å². The summed E-state index contributed by atoms with van der Waals surface area (Å²) in [7, 11) is -7.56. The van der Waals surface area contributed by atoms with Crippen LogP contribution in [0, 0.1) is 0 Å². The van der Waals surface area contributed by atoms with E-state index in [4.69, 9.17) is 5.11 Å². The van der Waals surface area contributed by atoms with Crippen molar-refractivity contribution in [1.29, 1.82) is 0 Å². The normalized spacial score (nSPS) is 12.3. The van der Waals surface area contributed by atoms with Crippen molar-refractivity contribution in [3.05, 3.63) is 24.3 Å². The molecule has 0 bridgehead atoms. The summed E-state index contributed by atoms with van der Waals surface area (Å²) < 4.78 is 48.6. The number of carboxylic acids is 1. The van der Waals surface area contributed by atoms with Gasteiger partial charge in [0.15, 0.2) is 9.84 Å². The van der Waals surface area contributed by atoms with E-state index in [1.165, 1.54) is 25.1 Å². The fraction of sp³-hybridized carbons (Fsp3) is 0.300. The molecule has 0 fully saturated rings. The highest BCUT2D eigenvalue weighted by Gasteiger charge is 2.19. The number of carbonyl (C=O) groups is 1. The molecular weight excluding hydrogens is 294 g/mol. The maximum absolute atomic E-state index is 11.7. The second-order valence-corrected chi connectivity index (χ2v) is 7.64. The number of hydrogen-bond donors (Lipinski definition) is 2. The smallest absolute Gasteiger partial charge is 0.318 e. The summed E-state index contributed by atoms with van der Waals surface area (Å²) >= 11 is 0. The molecular formula is C10H13NO6S2. The van der Waals surface area contributed by atoms with Crippen LogP contribution in [-0.4, -0.2) is 40.2 Å². The predicted octanol–water partition coefficient (Wildman–Crippen LogP) is -0.157. The molecule has 0 amide bonds. The lowest BCUT2D eigenvalue weighted by Gasteiger charge is -2.07. The van der Waals surface area contributed by atoms with Gasteiger partial charge in [-0.2, -0.15) is 4.72 Å². The van der Waals surface area contributed by atoms with Crippen molar-refractivity contribution in [1.82, 2.24) is 4.72 Å². The van der Waals surface area contributed by atoms with Gasteiger partial charge in [0, 0.05) is 0 Å². The fourth-order valence-electron chi connectivity index (χ4n) is 1.24. The van der Waals surface area contributed by atoms with Crippen LogP contribution in [0.1, 0.15) is 6.92 Å². The average molecular weight is 307 g/mol. The SMILES string of the molecule is CCS(=O)(=O)c1cccc(S(=O)(=O)NCC(=O)O)c1. The van der Waals surface area contributed by atoms with Crippen LogP contribution in [0.5, 0.6) is 0 Å². The van der Waals surface area contributed by atoms with Crippen LogP contribution in [-0.2, 0) is 24.7 Å². The molecule has 1 rings (SSSR count). The van der Waals surface area contributed by atoms with E-state index in [2.05, 4.69) is 0 Å². The van der Waals surface area contributed by atoms with E-state index in [9.17, 15) is 21.6 Å². The van der Waals surface area contributed by atoms with E-state index in [-0.39, 0.29) is 15.5 Å². The number of carboxylic acid groups (broad SMARTS) is 1. The maximum Gasteiger partial charge on any atom is 0.318 e. The van der Waals surface area contributed by atoms with Gasteiger partial charge >= 0.3 is 5.97 Å². The van der Waals surface area contributed by atoms with Gasteiger partial charge in [-0.3, -0.25) is 4.79 Å². The van der Waals surface area contributed by atoms with Crippen LogP contribution in [0.2, 0.25) is 0 Å². The molecule has 0 radical (unpaired) electrons. The van der Waals surface area contributed by atoms with Gasteiger partial charge in [-0.15, -0.1) is 0 Å². The largest absolute Gasteiger partial charge is 0.480 e. The van der Waals surface area contributed by atoms with E-state index >= 15 is 0 Å². The Morgan fingerprint density at radius 1 is 1.21 bits per heavy atom. The van der Waals surface area contributed by atoms with Crippen LogP contribution in [0.25, 0.3) is 0 Å². The summed E-state index contributed by atoms with van der Waals surface area (Å²) in [6, 6.07) is 4.77. The Hall–Kier alpha value is -1.45. The lowest BCUT2D eigenvalue weighted by molar-refractivity contribution is -0.135. The Kier molecular flexibility index (Phi) is 4.66. The minimum Gasteiger partial charge on any atom is -0.480 e. The molecule has 0 aliphatic carbocycles. The van der Waals surface area contributed by atoms with E-state index in [1.54, 1.807) is 0 Å². The van der Waals surface area contributed by atoms with Crippen molar-refractivity contribution in [2.75, 3.05) is 12.3 Å². The number of rotatable bonds is 6. The summed E-state index contributed by atoms with van der Waals surface area (Å²) in [5, 5.41) is 8.42. The molecule has 0 aromatic heterocycles. The molecule has 1 aromatic rings. The molecule has 0 aliphatic rings. The highest BCUT2D eigenvalue weighted by Crippen LogP contribution is 2.16. The van der Waals surface area contributed by atoms with Crippen molar-refractivity contribution in [3.8, 4) is 0 Å². The molecule has 0 heterocycles. The van der Waals surface area contributed by atoms with E-state index in [0.29, 0.717) is 0 Å². The van der Waals surface area contributed by atoms with E-state index in [0.717, 1.165) is 6.07 Å². The van der Waals surface area contributed by atoms with Gasteiger partial charge in [0.2, 0.25) is 10.0 Å². The molecule has 9 heteroatoms. The zero-order valence-corrected chi connectivity index (χ0v) is 11.7. The number of sulfonamides is 1. The molecule has 7 nitrogen and oxygen atoms in total. The summed E-state index contributed by atoms with van der Waals surface area (Å²) in [5.74, 6) is -1.49. The third kappa shape index (κ3) is 4.01. The van der Waals surface area contributed by atoms with Crippen molar-refractivity contribution in [3.63, 3.8) is 0 Å². The second kappa shape index (κ2) is 5.68. The van der Waals surface area contributed by atoms with Crippen molar-refractivity contribution < 1.29 is 26.7 Å². The summed E-state index contributed by atoms with van der Waals surface area (Å²) in [6.45, 7) is 0.673. The number of sulfone groups is 1. The number of hydrogen-bond acceptors (Lipinski definition) is 5. The highest BCUT2D eigenvalue weighted by molar-refractivity contribution is 7.91. The number of benzene rings is 1. The maximum atomic E-state index is 11.7. The average Bonchev–Trinajstić information content (AvgIpc) is 2.37. The first-order valence-corrected chi connectivity index (χ1v) is 8.37. The first kappa shape index (κ1) is 15.6. The minimum atomic E-state index is -4.04. The van der Waals surface area contributed by atoms with Crippen LogP contribution < -0.4 is 4.72 Å². The predicted molar refractivity (Wildman–Crippen MR) is 67.0 cm³/mol. The Morgan fingerprint density at radius 2 is 1.79 bits per heavy atom. The fourth-order valence-corrected chi connectivity index (χ4v) is 3.26. The van der Waals surface area contributed by atoms with Crippen LogP contribution >= 0.6 is 0 Å². The number of aliphatic carboxylic acids is 1. The van der Waals surface area contributed by atoms with Gasteiger partial charge in [-0.05, 0) is 18.2 Å². The lowest BCUT2D eigenvalue weighted by Crippen LogP contribution is -2.29. The summed E-state index contributed by atoms with van der Waals surface area (Å²) in [4.78, 5) is 9.92. The first-order chi connectivity index (χ1) is 8.69. The molecule has 19 heavy (non-hydrogen) atoms. The Balaban J connectivity index is 3.16. The summed E-state index contributed by atoms with van der Waals surface area (Å²) in [6.07, 6.45) is 0.